The Hall–Kier alpha value is -3.19. The Kier molecular flexibility index (Phi) is 7.51. The number of nitrogens with two attached hydrogens (primary N) is 1. The van der Waals surface area contributed by atoms with Crippen molar-refractivity contribution in [3.63, 3.8) is 0 Å². The Morgan fingerprint density at radius 2 is 1.30 bits per heavy atom. The molecule has 0 saturated heterocycles. The molecule has 0 unspecified atom stereocenters. The van der Waals surface area contributed by atoms with Gasteiger partial charge in [0.2, 0.25) is 17.7 Å². The van der Waals surface area contributed by atoms with E-state index in [-0.39, 0.29) is 30.6 Å². The van der Waals surface area contributed by atoms with Gasteiger partial charge < -0.3 is 0 Å². The van der Waals surface area contributed by atoms with Crippen LogP contribution in [0, 0.1) is 0 Å². The average Bonchev–Trinajstić information content (AvgIpc) is 2.69. The topological polar surface area (TPSA) is 95.7 Å². The van der Waals surface area contributed by atoms with E-state index >= 15 is 0 Å². The number of hydrazine groups is 2. The summed E-state index contributed by atoms with van der Waals surface area (Å²) in [5.74, 6) is 4.28. The zero-order chi connectivity index (χ0) is 19.6. The normalized spacial score (nSPS) is 10.1. The van der Waals surface area contributed by atoms with Gasteiger partial charge in [0.1, 0.15) is 0 Å². The third-order valence-electron chi connectivity index (χ3n) is 3.94. The van der Waals surface area contributed by atoms with Gasteiger partial charge in [-0.1, -0.05) is 36.4 Å². The molecule has 0 heterocycles. The fraction of sp³-hybridized carbons (Fsp3) is 0.250. The summed E-state index contributed by atoms with van der Waals surface area (Å²) in [5, 5.41) is 2.75. The maximum atomic E-state index is 13.0. The molecule has 0 aliphatic heterocycles. The number of amides is 3. The number of carbonyl (C=O) groups excluding carboxylic acids is 3. The molecule has 0 aromatic heterocycles. The molecule has 7 heteroatoms. The van der Waals surface area contributed by atoms with Crippen molar-refractivity contribution >= 4 is 29.1 Å². The van der Waals surface area contributed by atoms with Crippen molar-refractivity contribution in [3.05, 3.63) is 60.7 Å². The molecule has 7 nitrogen and oxygen atoms in total. The fourth-order valence-electron chi connectivity index (χ4n) is 2.69. The van der Waals surface area contributed by atoms with E-state index in [0.717, 1.165) is 0 Å². The van der Waals surface area contributed by atoms with Crippen LogP contribution in [0.5, 0.6) is 0 Å². The maximum Gasteiger partial charge on any atom is 0.246 e. The van der Waals surface area contributed by atoms with Crippen LogP contribution in [0.1, 0.15) is 32.6 Å². The van der Waals surface area contributed by atoms with Crippen LogP contribution >= 0.6 is 0 Å². The van der Waals surface area contributed by atoms with Gasteiger partial charge in [0, 0.05) is 19.8 Å². The fourth-order valence-corrected chi connectivity index (χ4v) is 2.69. The highest BCUT2D eigenvalue weighted by atomic mass is 16.2. The third-order valence-corrected chi connectivity index (χ3v) is 3.94. The second-order valence-corrected chi connectivity index (χ2v) is 5.98. The van der Waals surface area contributed by atoms with E-state index in [4.69, 9.17) is 5.84 Å². The van der Waals surface area contributed by atoms with Gasteiger partial charge in [-0.3, -0.25) is 19.8 Å². The molecule has 0 atom stereocenters. The van der Waals surface area contributed by atoms with Crippen LogP contribution in [-0.4, -0.2) is 17.7 Å². The SMILES string of the molecule is CC(=O)N(c1ccccc1)N(C(=O)CCCCC(=O)NN)c1ccccc1. The van der Waals surface area contributed by atoms with Crippen LogP contribution in [0.4, 0.5) is 11.4 Å². The molecule has 27 heavy (non-hydrogen) atoms. The van der Waals surface area contributed by atoms with E-state index in [9.17, 15) is 14.4 Å². The van der Waals surface area contributed by atoms with E-state index in [0.29, 0.717) is 24.2 Å². The Morgan fingerprint density at radius 1 is 0.815 bits per heavy atom. The summed E-state index contributed by atoms with van der Waals surface area (Å²) < 4.78 is 0. The van der Waals surface area contributed by atoms with Gasteiger partial charge in [0.05, 0.1) is 11.4 Å². The molecule has 0 spiro atoms. The first kappa shape index (κ1) is 20.1. The van der Waals surface area contributed by atoms with Crippen LogP contribution in [0.3, 0.4) is 0 Å². The van der Waals surface area contributed by atoms with Gasteiger partial charge in [-0.05, 0) is 37.1 Å². The van der Waals surface area contributed by atoms with Crippen molar-refractivity contribution in [2.75, 3.05) is 10.0 Å². The maximum absolute atomic E-state index is 13.0. The first-order valence-electron chi connectivity index (χ1n) is 8.77. The summed E-state index contributed by atoms with van der Waals surface area (Å²) >= 11 is 0. The van der Waals surface area contributed by atoms with Crippen molar-refractivity contribution < 1.29 is 14.4 Å². The molecule has 0 aliphatic rings. The lowest BCUT2D eigenvalue weighted by atomic mass is 10.1. The van der Waals surface area contributed by atoms with E-state index in [1.165, 1.54) is 16.9 Å². The Bertz CT molecular complexity index is 765. The van der Waals surface area contributed by atoms with E-state index in [2.05, 4.69) is 5.43 Å². The van der Waals surface area contributed by atoms with Crippen molar-refractivity contribution in [1.29, 1.82) is 0 Å². The molecule has 2 aromatic carbocycles. The summed E-state index contributed by atoms with van der Waals surface area (Å²) in [6, 6.07) is 18.0. The lowest BCUT2D eigenvalue weighted by molar-refractivity contribution is -0.123. The number of hydrogen-bond acceptors (Lipinski definition) is 4. The number of nitrogens with zero attached hydrogens (tertiary/aromatic N) is 2. The molecular weight excluding hydrogens is 344 g/mol. The van der Waals surface area contributed by atoms with Gasteiger partial charge in [-0.15, -0.1) is 0 Å². The Labute approximate surface area is 158 Å². The molecule has 0 radical (unpaired) electrons. The predicted molar refractivity (Wildman–Crippen MR) is 104 cm³/mol. The lowest BCUT2D eigenvalue weighted by Crippen LogP contribution is -2.49. The third kappa shape index (κ3) is 5.65. The minimum absolute atomic E-state index is 0.198. The largest absolute Gasteiger partial charge is 0.294 e. The molecule has 0 fully saturated rings. The predicted octanol–water partition coefficient (Wildman–Crippen LogP) is 2.54. The summed E-state index contributed by atoms with van der Waals surface area (Å²) in [5.41, 5.74) is 3.27. The van der Waals surface area contributed by atoms with Crippen LogP contribution in [0.2, 0.25) is 0 Å². The molecule has 2 rings (SSSR count). The van der Waals surface area contributed by atoms with Crippen LogP contribution in [0.15, 0.2) is 60.7 Å². The molecule has 0 saturated carbocycles. The van der Waals surface area contributed by atoms with Gasteiger partial charge >= 0.3 is 0 Å². The first-order chi connectivity index (χ1) is 13.0. The number of anilines is 2. The van der Waals surface area contributed by atoms with Gasteiger partial charge in [0.25, 0.3) is 0 Å². The highest BCUT2D eigenvalue weighted by Crippen LogP contribution is 2.24. The van der Waals surface area contributed by atoms with Crippen LogP contribution in [0.25, 0.3) is 0 Å². The summed E-state index contributed by atoms with van der Waals surface area (Å²) in [6.07, 6.45) is 1.49. The molecule has 142 valence electrons. The molecule has 0 bridgehead atoms. The van der Waals surface area contributed by atoms with Crippen molar-refractivity contribution in [2.24, 2.45) is 5.84 Å². The number of para-hydroxylation sites is 2. The minimum atomic E-state index is -0.277. The zero-order valence-electron chi connectivity index (χ0n) is 15.3. The summed E-state index contributed by atoms with van der Waals surface area (Å²) in [4.78, 5) is 36.6. The second kappa shape index (κ2) is 10.1. The number of hydrogen-bond donors (Lipinski definition) is 2. The number of unbranched alkanes of at least 4 members (excludes halogenated alkanes) is 1. The quantitative estimate of drug-likeness (QED) is 0.340. The molecule has 2 aromatic rings. The van der Waals surface area contributed by atoms with Crippen LogP contribution < -0.4 is 21.3 Å². The average molecular weight is 368 g/mol. The Balaban J connectivity index is 2.24. The lowest BCUT2D eigenvalue weighted by Gasteiger charge is -2.34. The van der Waals surface area contributed by atoms with Gasteiger partial charge in [-0.2, -0.15) is 0 Å². The highest BCUT2D eigenvalue weighted by Gasteiger charge is 2.26. The smallest absolute Gasteiger partial charge is 0.246 e. The Morgan fingerprint density at radius 3 is 1.78 bits per heavy atom. The summed E-state index contributed by atoms with van der Waals surface area (Å²) in [6.45, 7) is 1.42. The monoisotopic (exact) mass is 368 g/mol. The standard InChI is InChI=1S/C20H24N4O3/c1-16(25)23(17-10-4-2-5-11-17)24(18-12-6-3-7-13-18)20(27)15-9-8-14-19(26)22-21/h2-7,10-13H,8-9,14-15,21H2,1H3,(H,22,26). The zero-order valence-corrected chi connectivity index (χ0v) is 15.3. The van der Waals surface area contributed by atoms with Crippen LogP contribution in [-0.2, 0) is 14.4 Å². The molecule has 3 amide bonds. The van der Waals surface area contributed by atoms with Crippen molar-refractivity contribution in [1.82, 2.24) is 5.43 Å². The van der Waals surface area contributed by atoms with Gasteiger partial charge in [0.15, 0.2) is 0 Å². The number of nitrogens with one attached hydrogen (secondary N) is 1. The van der Waals surface area contributed by atoms with E-state index < -0.39 is 0 Å². The van der Waals surface area contributed by atoms with Crippen molar-refractivity contribution in [3.8, 4) is 0 Å². The van der Waals surface area contributed by atoms with E-state index in [1.54, 1.807) is 24.3 Å². The number of benzene rings is 2. The number of carbonyl (C=O) groups is 3. The number of rotatable bonds is 7. The first-order valence-corrected chi connectivity index (χ1v) is 8.77. The highest BCUT2D eigenvalue weighted by molar-refractivity contribution is 6.05. The van der Waals surface area contributed by atoms with Gasteiger partial charge in [-0.25, -0.2) is 15.9 Å². The molecule has 3 N–H and O–H groups in total. The molecular formula is C20H24N4O3. The second-order valence-electron chi connectivity index (χ2n) is 5.98. The molecule has 0 aliphatic carbocycles. The summed E-state index contributed by atoms with van der Waals surface area (Å²) in [7, 11) is 0. The minimum Gasteiger partial charge on any atom is -0.294 e. The van der Waals surface area contributed by atoms with Crippen molar-refractivity contribution in [2.45, 2.75) is 32.6 Å². The van der Waals surface area contributed by atoms with E-state index in [1.807, 2.05) is 36.4 Å².